The van der Waals surface area contributed by atoms with Gasteiger partial charge in [0, 0.05) is 23.4 Å². The van der Waals surface area contributed by atoms with Crippen LogP contribution >= 0.6 is 0 Å². The lowest BCUT2D eigenvalue weighted by Crippen LogP contribution is -2.11. The Kier molecular flexibility index (Phi) is 4.70. The second kappa shape index (κ2) is 6.95. The number of amides is 1. The van der Waals surface area contributed by atoms with Crippen LogP contribution in [0.1, 0.15) is 15.9 Å². The summed E-state index contributed by atoms with van der Waals surface area (Å²) in [6.45, 7) is -0.513. The lowest BCUT2D eigenvalue weighted by Gasteiger charge is -2.07. The molecule has 1 heterocycles. The largest absolute Gasteiger partial charge is 0.319 e. The van der Waals surface area contributed by atoms with E-state index in [1.165, 1.54) is 24.5 Å². The van der Waals surface area contributed by atoms with E-state index in [4.69, 9.17) is 0 Å². The molecule has 26 heavy (non-hydrogen) atoms. The minimum atomic E-state index is -1.78. The molecule has 1 amide bonds. The highest BCUT2D eigenvalue weighted by atomic mass is 19.2. The summed E-state index contributed by atoms with van der Waals surface area (Å²) in [5.41, 5.74) is -0.317. The molecular weight excluding hydrogens is 357 g/mol. The van der Waals surface area contributed by atoms with Crippen LogP contribution in [0.25, 0.3) is 0 Å². The monoisotopic (exact) mass is 367 g/mol. The summed E-state index contributed by atoms with van der Waals surface area (Å²) in [7, 11) is 0. The SMILES string of the molecule is O=C(Nc1cnn(Cc2c(F)cc(F)c(F)c2F)c1)c1ccc(F)cc1. The first-order valence-electron chi connectivity index (χ1n) is 7.26. The minimum absolute atomic E-state index is 0.192. The Balaban J connectivity index is 1.76. The highest BCUT2D eigenvalue weighted by molar-refractivity contribution is 6.04. The third kappa shape index (κ3) is 3.56. The van der Waals surface area contributed by atoms with E-state index in [1.54, 1.807) is 0 Å². The van der Waals surface area contributed by atoms with Crippen LogP contribution in [0.3, 0.4) is 0 Å². The smallest absolute Gasteiger partial charge is 0.255 e. The molecule has 0 aliphatic rings. The number of nitrogens with zero attached hydrogens (tertiary/aromatic N) is 2. The van der Waals surface area contributed by atoms with Crippen LogP contribution in [0.15, 0.2) is 42.7 Å². The summed E-state index contributed by atoms with van der Waals surface area (Å²) in [6, 6.07) is 5.04. The van der Waals surface area contributed by atoms with Crippen molar-refractivity contribution in [3.8, 4) is 0 Å². The molecule has 0 saturated carbocycles. The van der Waals surface area contributed by atoms with E-state index in [0.717, 1.165) is 16.8 Å². The molecule has 0 unspecified atom stereocenters. The van der Waals surface area contributed by atoms with Crippen molar-refractivity contribution in [3.63, 3.8) is 0 Å². The van der Waals surface area contributed by atoms with Crippen LogP contribution < -0.4 is 5.32 Å². The maximum Gasteiger partial charge on any atom is 0.255 e. The average Bonchev–Trinajstić information content (AvgIpc) is 3.04. The predicted octanol–water partition coefficient (Wildman–Crippen LogP) is 3.88. The first-order chi connectivity index (χ1) is 12.3. The van der Waals surface area contributed by atoms with E-state index in [0.29, 0.717) is 0 Å². The molecule has 1 N–H and O–H groups in total. The summed E-state index contributed by atoms with van der Waals surface area (Å²) >= 11 is 0. The van der Waals surface area contributed by atoms with E-state index in [9.17, 15) is 26.7 Å². The third-order valence-corrected chi connectivity index (χ3v) is 3.53. The van der Waals surface area contributed by atoms with Crippen molar-refractivity contribution in [1.29, 1.82) is 0 Å². The number of hydrogen-bond acceptors (Lipinski definition) is 2. The summed E-state index contributed by atoms with van der Waals surface area (Å²) in [5, 5.41) is 6.27. The van der Waals surface area contributed by atoms with Gasteiger partial charge in [0.2, 0.25) is 0 Å². The molecule has 134 valence electrons. The number of carbonyl (C=O) groups is 1. The third-order valence-electron chi connectivity index (χ3n) is 3.53. The molecule has 9 heteroatoms. The lowest BCUT2D eigenvalue weighted by atomic mass is 10.2. The molecule has 4 nitrogen and oxygen atoms in total. The van der Waals surface area contributed by atoms with Crippen LogP contribution in [0.5, 0.6) is 0 Å². The number of benzene rings is 2. The van der Waals surface area contributed by atoms with Crippen molar-refractivity contribution in [2.24, 2.45) is 0 Å². The second-order valence-corrected chi connectivity index (χ2v) is 5.33. The Morgan fingerprint density at radius 2 is 1.69 bits per heavy atom. The highest BCUT2D eigenvalue weighted by Crippen LogP contribution is 2.20. The maximum atomic E-state index is 13.7. The van der Waals surface area contributed by atoms with Gasteiger partial charge in [0.1, 0.15) is 11.6 Å². The Morgan fingerprint density at radius 3 is 2.38 bits per heavy atom. The summed E-state index contributed by atoms with van der Waals surface area (Å²) < 4.78 is 67.4. The summed E-state index contributed by atoms with van der Waals surface area (Å²) in [4.78, 5) is 12.0. The van der Waals surface area contributed by atoms with Crippen LogP contribution in [0.4, 0.5) is 27.6 Å². The van der Waals surface area contributed by atoms with E-state index in [-0.39, 0.29) is 17.3 Å². The zero-order chi connectivity index (χ0) is 18.8. The molecule has 3 aromatic rings. The van der Waals surface area contributed by atoms with Crippen molar-refractivity contribution in [3.05, 3.63) is 82.9 Å². The summed E-state index contributed by atoms with van der Waals surface area (Å²) in [6.07, 6.45) is 2.46. The number of hydrogen-bond donors (Lipinski definition) is 1. The molecule has 0 atom stereocenters. The number of anilines is 1. The molecule has 0 radical (unpaired) electrons. The number of aromatic nitrogens is 2. The minimum Gasteiger partial charge on any atom is -0.319 e. The van der Waals surface area contributed by atoms with Crippen molar-refractivity contribution in [1.82, 2.24) is 9.78 Å². The Labute approximate surface area is 143 Å². The van der Waals surface area contributed by atoms with Gasteiger partial charge < -0.3 is 5.32 Å². The molecule has 1 aromatic heterocycles. The van der Waals surface area contributed by atoms with E-state index < -0.39 is 47.1 Å². The lowest BCUT2D eigenvalue weighted by molar-refractivity contribution is 0.102. The first kappa shape index (κ1) is 17.6. The standard InChI is InChI=1S/C17H10F5N3O/c18-10-3-1-9(2-4-10)17(26)24-11-6-23-25(7-11)8-12-13(19)5-14(20)16(22)15(12)21/h1-7H,8H2,(H,24,26). The van der Waals surface area contributed by atoms with Crippen molar-refractivity contribution >= 4 is 11.6 Å². The molecule has 0 aliphatic heterocycles. The number of nitrogens with one attached hydrogen (secondary N) is 1. The van der Waals surface area contributed by atoms with Crippen LogP contribution in [0, 0.1) is 29.1 Å². The van der Waals surface area contributed by atoms with Crippen molar-refractivity contribution in [2.45, 2.75) is 6.54 Å². The Hall–Kier alpha value is -3.23. The number of halogens is 5. The van der Waals surface area contributed by atoms with Gasteiger partial charge in [-0.1, -0.05) is 0 Å². The molecule has 2 aromatic carbocycles. The normalized spacial score (nSPS) is 10.8. The van der Waals surface area contributed by atoms with Gasteiger partial charge in [-0.05, 0) is 24.3 Å². The van der Waals surface area contributed by atoms with Gasteiger partial charge in [0.15, 0.2) is 17.5 Å². The van der Waals surface area contributed by atoms with E-state index >= 15 is 0 Å². The Bertz CT molecular complexity index is 969. The zero-order valence-corrected chi connectivity index (χ0v) is 12.9. The van der Waals surface area contributed by atoms with Gasteiger partial charge in [0.05, 0.1) is 18.4 Å². The van der Waals surface area contributed by atoms with Crippen molar-refractivity contribution < 1.29 is 26.7 Å². The molecule has 0 aliphatic carbocycles. The second-order valence-electron chi connectivity index (χ2n) is 5.33. The van der Waals surface area contributed by atoms with Gasteiger partial charge in [-0.2, -0.15) is 5.10 Å². The fourth-order valence-electron chi connectivity index (χ4n) is 2.23. The fourth-order valence-corrected chi connectivity index (χ4v) is 2.23. The van der Waals surface area contributed by atoms with E-state index in [1.807, 2.05) is 0 Å². The predicted molar refractivity (Wildman–Crippen MR) is 82.0 cm³/mol. The van der Waals surface area contributed by atoms with Crippen LogP contribution in [0.2, 0.25) is 0 Å². The molecule has 0 bridgehead atoms. The topological polar surface area (TPSA) is 46.9 Å². The van der Waals surface area contributed by atoms with Crippen LogP contribution in [-0.4, -0.2) is 15.7 Å². The van der Waals surface area contributed by atoms with Crippen molar-refractivity contribution in [2.75, 3.05) is 5.32 Å². The molecular formula is C17H10F5N3O. The molecule has 0 spiro atoms. The van der Waals surface area contributed by atoms with E-state index in [2.05, 4.69) is 10.4 Å². The summed E-state index contributed by atoms with van der Waals surface area (Å²) in [5.74, 6) is -7.35. The zero-order valence-electron chi connectivity index (χ0n) is 12.9. The maximum absolute atomic E-state index is 13.7. The average molecular weight is 367 g/mol. The number of rotatable bonds is 4. The first-order valence-corrected chi connectivity index (χ1v) is 7.26. The number of carbonyl (C=O) groups excluding carboxylic acids is 1. The Morgan fingerprint density at radius 1 is 1.00 bits per heavy atom. The molecule has 0 saturated heterocycles. The van der Waals surface area contributed by atoms with Crippen LogP contribution in [-0.2, 0) is 6.54 Å². The van der Waals surface area contributed by atoms with Gasteiger partial charge in [-0.3, -0.25) is 9.48 Å². The van der Waals surface area contributed by atoms with Gasteiger partial charge in [-0.25, -0.2) is 22.0 Å². The molecule has 3 rings (SSSR count). The highest BCUT2D eigenvalue weighted by Gasteiger charge is 2.19. The van der Waals surface area contributed by atoms with Gasteiger partial charge in [0.25, 0.3) is 5.91 Å². The van der Waals surface area contributed by atoms with Gasteiger partial charge >= 0.3 is 0 Å². The molecule has 0 fully saturated rings. The fraction of sp³-hybridized carbons (Fsp3) is 0.0588. The van der Waals surface area contributed by atoms with Gasteiger partial charge in [-0.15, -0.1) is 0 Å². The quantitative estimate of drug-likeness (QED) is 0.432.